The number of likely N-dealkylation sites (N-methyl/N-ethyl adjacent to an activating group) is 1. The van der Waals surface area contributed by atoms with E-state index in [4.69, 9.17) is 4.74 Å². The number of β-amino-alcohol motifs (C(OH)–C–C–N with tert-alkyl or cyclic N) is 1. The lowest BCUT2D eigenvalue weighted by Crippen LogP contribution is -2.42. The van der Waals surface area contributed by atoms with Crippen molar-refractivity contribution >= 4 is 11.7 Å². The van der Waals surface area contributed by atoms with Gasteiger partial charge in [0.2, 0.25) is 0 Å². The van der Waals surface area contributed by atoms with E-state index >= 15 is 0 Å². The van der Waals surface area contributed by atoms with Crippen LogP contribution in [0, 0.1) is 0 Å². The largest absolute Gasteiger partial charge is 0.390 e. The zero-order valence-electron chi connectivity index (χ0n) is 18.2. The number of anilines is 1. The Morgan fingerprint density at radius 1 is 1.29 bits per heavy atom. The van der Waals surface area contributed by atoms with Gasteiger partial charge in [-0.05, 0) is 42.5 Å². The Bertz CT molecular complexity index is 885. The van der Waals surface area contributed by atoms with Gasteiger partial charge in [-0.25, -0.2) is 4.98 Å². The van der Waals surface area contributed by atoms with Crippen LogP contribution in [0.4, 0.5) is 5.82 Å². The summed E-state index contributed by atoms with van der Waals surface area (Å²) < 4.78 is 5.39. The molecule has 1 atom stereocenters. The number of carbonyl (C=O) groups excluding carboxylic acids is 1. The number of nitrogens with zero attached hydrogens (tertiary/aromatic N) is 3. The molecule has 7 heteroatoms. The molecule has 0 radical (unpaired) electrons. The molecule has 0 saturated carbocycles. The van der Waals surface area contributed by atoms with Crippen LogP contribution in [0.2, 0.25) is 0 Å². The molecule has 7 nitrogen and oxygen atoms in total. The van der Waals surface area contributed by atoms with Crippen molar-refractivity contribution in [2.24, 2.45) is 0 Å². The van der Waals surface area contributed by atoms with Gasteiger partial charge in [0, 0.05) is 64.2 Å². The number of benzene rings is 1. The van der Waals surface area contributed by atoms with Gasteiger partial charge in [-0.3, -0.25) is 9.69 Å². The molecule has 2 aliphatic heterocycles. The fraction of sp³-hybridized carbons (Fsp3) is 0.500. The van der Waals surface area contributed by atoms with Gasteiger partial charge in [-0.1, -0.05) is 24.3 Å². The second kappa shape index (κ2) is 10.2. The maximum absolute atomic E-state index is 12.9. The third-order valence-corrected chi connectivity index (χ3v) is 6.09. The Balaban J connectivity index is 1.29. The third-order valence-electron chi connectivity index (χ3n) is 6.09. The van der Waals surface area contributed by atoms with Gasteiger partial charge < -0.3 is 20.1 Å². The number of aromatic nitrogens is 1. The summed E-state index contributed by atoms with van der Waals surface area (Å²) in [6, 6.07) is 12.3. The van der Waals surface area contributed by atoms with Crippen LogP contribution in [0.1, 0.15) is 34.3 Å². The van der Waals surface area contributed by atoms with Crippen molar-refractivity contribution in [3.63, 3.8) is 0 Å². The highest BCUT2D eigenvalue weighted by Gasteiger charge is 2.22. The molecule has 0 aliphatic carbocycles. The highest BCUT2D eigenvalue weighted by atomic mass is 16.5. The number of amides is 1. The molecule has 2 N–H and O–H groups in total. The topological polar surface area (TPSA) is 77.9 Å². The van der Waals surface area contributed by atoms with Crippen LogP contribution >= 0.6 is 0 Å². The second-order valence-electron chi connectivity index (χ2n) is 8.55. The summed E-state index contributed by atoms with van der Waals surface area (Å²) in [6.07, 6.45) is 3.93. The molecule has 1 aromatic carbocycles. The molecular formula is C24H32N4O3. The van der Waals surface area contributed by atoms with E-state index in [-0.39, 0.29) is 5.91 Å². The van der Waals surface area contributed by atoms with E-state index < -0.39 is 6.10 Å². The molecule has 1 aromatic heterocycles. The predicted octanol–water partition coefficient (Wildman–Crippen LogP) is 2.16. The van der Waals surface area contributed by atoms with Gasteiger partial charge in [0.05, 0.1) is 6.10 Å². The molecule has 3 heterocycles. The van der Waals surface area contributed by atoms with E-state index in [0.717, 1.165) is 45.6 Å². The molecule has 2 aromatic rings. The average Bonchev–Trinajstić information content (AvgIpc) is 2.79. The average molecular weight is 425 g/mol. The van der Waals surface area contributed by atoms with E-state index in [1.165, 1.54) is 11.1 Å². The van der Waals surface area contributed by atoms with Crippen LogP contribution in [-0.4, -0.2) is 77.8 Å². The maximum Gasteiger partial charge on any atom is 0.253 e. The molecule has 31 heavy (non-hydrogen) atoms. The number of aliphatic hydroxyl groups excluding tert-OH is 1. The van der Waals surface area contributed by atoms with Gasteiger partial charge in [0.1, 0.15) is 5.82 Å². The van der Waals surface area contributed by atoms with E-state index in [1.807, 2.05) is 0 Å². The highest BCUT2D eigenvalue weighted by molar-refractivity contribution is 5.94. The molecule has 2 aliphatic rings. The summed E-state index contributed by atoms with van der Waals surface area (Å²) in [6.45, 7) is 4.12. The highest BCUT2D eigenvalue weighted by Crippen LogP contribution is 2.19. The van der Waals surface area contributed by atoms with Crippen molar-refractivity contribution in [2.45, 2.75) is 38.0 Å². The number of fused-ring (bicyclic) bond motifs is 1. The number of pyridine rings is 1. The number of rotatable bonds is 7. The number of nitrogens with one attached hydrogen (secondary N) is 1. The van der Waals surface area contributed by atoms with Crippen molar-refractivity contribution < 1.29 is 14.6 Å². The Hall–Kier alpha value is -2.48. The summed E-state index contributed by atoms with van der Waals surface area (Å²) in [5.41, 5.74) is 3.29. The number of hydrogen-bond donors (Lipinski definition) is 2. The lowest BCUT2D eigenvalue weighted by atomic mass is 10.00. The molecule has 0 bridgehead atoms. The predicted molar refractivity (Wildman–Crippen MR) is 120 cm³/mol. The smallest absolute Gasteiger partial charge is 0.253 e. The van der Waals surface area contributed by atoms with Crippen molar-refractivity contribution in [2.75, 3.05) is 45.2 Å². The molecule has 1 fully saturated rings. The Morgan fingerprint density at radius 2 is 2.06 bits per heavy atom. The molecule has 1 unspecified atom stereocenters. The normalized spacial score (nSPS) is 18.3. The van der Waals surface area contributed by atoms with Gasteiger partial charge >= 0.3 is 0 Å². The summed E-state index contributed by atoms with van der Waals surface area (Å²) in [4.78, 5) is 21.1. The van der Waals surface area contributed by atoms with E-state index in [1.54, 1.807) is 30.3 Å². The number of aliphatic hydroxyl groups is 1. The van der Waals surface area contributed by atoms with Crippen LogP contribution in [0.5, 0.6) is 0 Å². The molecule has 0 spiro atoms. The van der Waals surface area contributed by atoms with Crippen LogP contribution in [0.3, 0.4) is 0 Å². The van der Waals surface area contributed by atoms with Crippen molar-refractivity contribution in [3.8, 4) is 0 Å². The third kappa shape index (κ3) is 5.81. The minimum atomic E-state index is -0.596. The van der Waals surface area contributed by atoms with Crippen LogP contribution in [0.25, 0.3) is 0 Å². The minimum absolute atomic E-state index is 0.111. The minimum Gasteiger partial charge on any atom is -0.390 e. The number of hydrogen-bond acceptors (Lipinski definition) is 6. The molecular weight excluding hydrogens is 392 g/mol. The second-order valence-corrected chi connectivity index (χ2v) is 8.55. The Morgan fingerprint density at radius 3 is 2.87 bits per heavy atom. The standard InChI is InChI=1S/C24H32N4O3/c1-27(16-22(29)17-28-11-7-18-4-2-3-5-20(18)15-28)24(30)19-6-10-25-23(14-19)26-21-8-12-31-13-9-21/h2-6,10,14,21-22,29H,7-9,11-13,15-17H2,1H3,(H,25,26). The van der Waals surface area contributed by atoms with Gasteiger partial charge in [0.15, 0.2) is 0 Å². The quantitative estimate of drug-likeness (QED) is 0.709. The first kappa shape index (κ1) is 21.7. The van der Waals surface area contributed by atoms with Gasteiger partial charge in [-0.15, -0.1) is 0 Å². The van der Waals surface area contributed by atoms with E-state index in [2.05, 4.69) is 39.5 Å². The van der Waals surface area contributed by atoms with Crippen molar-refractivity contribution in [1.29, 1.82) is 0 Å². The van der Waals surface area contributed by atoms with Crippen molar-refractivity contribution in [3.05, 3.63) is 59.3 Å². The summed E-state index contributed by atoms with van der Waals surface area (Å²) in [5, 5.41) is 14.0. The SMILES string of the molecule is CN(CC(O)CN1CCc2ccccc2C1)C(=O)c1ccnc(NC2CCOCC2)c1. The first-order valence-electron chi connectivity index (χ1n) is 11.1. The first-order chi connectivity index (χ1) is 15.1. The van der Waals surface area contributed by atoms with Gasteiger partial charge in [-0.2, -0.15) is 0 Å². The lowest BCUT2D eigenvalue weighted by Gasteiger charge is -2.31. The van der Waals surface area contributed by atoms with Gasteiger partial charge in [0.25, 0.3) is 5.91 Å². The molecule has 1 amide bonds. The first-order valence-corrected chi connectivity index (χ1v) is 11.1. The van der Waals surface area contributed by atoms with Crippen LogP contribution in [0.15, 0.2) is 42.6 Å². The zero-order chi connectivity index (χ0) is 21.6. The number of carbonyl (C=O) groups is 1. The fourth-order valence-electron chi connectivity index (χ4n) is 4.38. The van der Waals surface area contributed by atoms with Crippen LogP contribution in [-0.2, 0) is 17.7 Å². The van der Waals surface area contributed by atoms with E-state index in [0.29, 0.717) is 30.5 Å². The molecule has 4 rings (SSSR count). The summed E-state index contributed by atoms with van der Waals surface area (Å²) in [7, 11) is 1.74. The zero-order valence-corrected chi connectivity index (χ0v) is 18.2. The Kier molecular flexibility index (Phi) is 7.17. The lowest BCUT2D eigenvalue weighted by molar-refractivity contribution is 0.0568. The molecule has 1 saturated heterocycles. The monoisotopic (exact) mass is 424 g/mol. The molecule has 166 valence electrons. The van der Waals surface area contributed by atoms with Crippen LogP contribution < -0.4 is 5.32 Å². The van der Waals surface area contributed by atoms with Crippen molar-refractivity contribution in [1.82, 2.24) is 14.8 Å². The van der Waals surface area contributed by atoms with E-state index in [9.17, 15) is 9.90 Å². The summed E-state index contributed by atoms with van der Waals surface area (Å²) >= 11 is 0. The number of ether oxygens (including phenoxy) is 1. The Labute approximate surface area is 184 Å². The maximum atomic E-state index is 12.9. The fourth-order valence-corrected chi connectivity index (χ4v) is 4.38. The summed E-state index contributed by atoms with van der Waals surface area (Å²) in [5.74, 6) is 0.596.